The van der Waals surface area contributed by atoms with Crippen LogP contribution in [-0.2, 0) is 15.7 Å². The van der Waals surface area contributed by atoms with Gasteiger partial charge in [0.15, 0.2) is 5.69 Å². The molecule has 4 rings (SSSR count). The number of benzene rings is 2. The number of halogens is 3. The number of likely N-dealkylation sites (tertiary alicyclic amines) is 1. The summed E-state index contributed by atoms with van der Waals surface area (Å²) in [7, 11) is 0. The molecule has 0 radical (unpaired) electrons. The zero-order valence-electron chi connectivity index (χ0n) is 21.9. The van der Waals surface area contributed by atoms with E-state index in [1.54, 1.807) is 6.07 Å². The molecule has 0 aromatic heterocycles. The lowest BCUT2D eigenvalue weighted by molar-refractivity contribution is -0.140. The maximum Gasteiger partial charge on any atom is 0.416 e. The molecule has 0 atom stereocenters. The zero-order chi connectivity index (χ0) is 27.3. The van der Waals surface area contributed by atoms with Crippen LogP contribution in [0.15, 0.2) is 36.4 Å². The highest BCUT2D eigenvalue weighted by Crippen LogP contribution is 2.34. The van der Waals surface area contributed by atoms with Crippen molar-refractivity contribution in [3.8, 4) is 0 Å². The van der Waals surface area contributed by atoms with E-state index in [1.807, 2.05) is 30.0 Å². The van der Waals surface area contributed by atoms with Crippen LogP contribution in [0.5, 0.6) is 0 Å². The second-order valence-electron chi connectivity index (χ2n) is 10.4. The van der Waals surface area contributed by atoms with Crippen molar-refractivity contribution in [3.63, 3.8) is 0 Å². The molecule has 38 heavy (non-hydrogen) atoms. The van der Waals surface area contributed by atoms with E-state index in [1.165, 1.54) is 19.1 Å². The van der Waals surface area contributed by atoms with Crippen molar-refractivity contribution < 1.29 is 22.7 Å². The summed E-state index contributed by atoms with van der Waals surface area (Å²) >= 11 is 0. The number of carbonyl (C=O) groups excluding carboxylic acids is 1. The van der Waals surface area contributed by atoms with Crippen LogP contribution in [0.25, 0.3) is 4.85 Å². The summed E-state index contributed by atoms with van der Waals surface area (Å²) in [6.07, 6.45) is 0.407. The molecule has 204 valence electrons. The van der Waals surface area contributed by atoms with Gasteiger partial charge in [-0.05, 0) is 87.8 Å². The van der Waals surface area contributed by atoms with Gasteiger partial charge in [0.05, 0.1) is 18.2 Å². The lowest BCUT2D eigenvalue weighted by atomic mass is 9.92. The third-order valence-corrected chi connectivity index (χ3v) is 7.57. The zero-order valence-corrected chi connectivity index (χ0v) is 21.9. The second-order valence-corrected chi connectivity index (χ2v) is 10.4. The number of amides is 1. The van der Waals surface area contributed by atoms with Crippen LogP contribution < -0.4 is 10.6 Å². The van der Waals surface area contributed by atoms with Gasteiger partial charge >= 0.3 is 6.18 Å². The molecule has 1 heterocycles. The Hall–Kier alpha value is -3.25. The fraction of sp³-hybridized carbons (Fsp3) is 0.517. The molecule has 1 aliphatic heterocycles. The molecule has 1 amide bonds. The maximum absolute atomic E-state index is 13.2. The molecule has 2 aromatic rings. The van der Waals surface area contributed by atoms with Crippen molar-refractivity contribution in [2.45, 2.75) is 76.7 Å². The molecular weight excluding hydrogens is 493 g/mol. The van der Waals surface area contributed by atoms with Gasteiger partial charge in [0.2, 0.25) is 5.91 Å². The topological polar surface area (TPSA) is 58.0 Å². The lowest BCUT2D eigenvalue weighted by Gasteiger charge is -2.34. The quantitative estimate of drug-likeness (QED) is 0.392. The number of aryl methyl sites for hydroxylation is 2. The highest BCUT2D eigenvalue weighted by Gasteiger charge is 2.33. The maximum atomic E-state index is 13.2. The molecule has 1 saturated heterocycles. The first-order chi connectivity index (χ1) is 18.1. The minimum absolute atomic E-state index is 0.000267. The summed E-state index contributed by atoms with van der Waals surface area (Å²) < 4.78 is 45.5. The van der Waals surface area contributed by atoms with Crippen molar-refractivity contribution in [3.05, 3.63) is 64.5 Å². The molecule has 0 unspecified atom stereocenters. The van der Waals surface area contributed by atoms with E-state index in [0.29, 0.717) is 24.5 Å². The number of nitrogens with zero attached hydrogens (tertiary/aromatic N) is 2. The van der Waals surface area contributed by atoms with Crippen molar-refractivity contribution in [2.24, 2.45) is 0 Å². The number of hydrogen-bond donors (Lipinski definition) is 2. The van der Waals surface area contributed by atoms with Crippen LogP contribution in [0.4, 0.5) is 30.2 Å². The van der Waals surface area contributed by atoms with E-state index in [2.05, 4.69) is 15.5 Å². The highest BCUT2D eigenvalue weighted by molar-refractivity contribution is 5.77. The van der Waals surface area contributed by atoms with Gasteiger partial charge in [-0.1, -0.05) is 12.1 Å². The third-order valence-electron chi connectivity index (χ3n) is 7.57. The first-order valence-electron chi connectivity index (χ1n) is 13.2. The second kappa shape index (κ2) is 12.1. The molecule has 9 heteroatoms. The number of ether oxygens (including phenoxy) is 1. The Morgan fingerprint density at radius 1 is 0.947 bits per heavy atom. The van der Waals surface area contributed by atoms with Gasteiger partial charge in [-0.15, -0.1) is 0 Å². The van der Waals surface area contributed by atoms with Crippen molar-refractivity contribution in [1.29, 1.82) is 0 Å². The Morgan fingerprint density at radius 3 is 2.16 bits per heavy atom. The van der Waals surface area contributed by atoms with Crippen molar-refractivity contribution in [1.82, 2.24) is 4.90 Å². The molecule has 2 fully saturated rings. The molecule has 6 nitrogen and oxygen atoms in total. The number of anilines is 2. The monoisotopic (exact) mass is 528 g/mol. The van der Waals surface area contributed by atoms with Gasteiger partial charge in [-0.3, -0.25) is 4.79 Å². The predicted octanol–water partition coefficient (Wildman–Crippen LogP) is 6.72. The third kappa shape index (κ3) is 7.19. The normalized spacial score (nSPS) is 20.6. The number of hydrogen-bond acceptors (Lipinski definition) is 4. The standard InChI is InChI=1S/C29H35F3N4O2/c1-19-4-5-24(17-26(19)29(30,31)32)34-21-6-9-25(10-7-21)38-18-28(37)36-14-12-22(13-15-36)35-23-8-11-27(33-3)20(2)16-23/h4-5,8,11,16-17,21-22,25,34-35H,6-7,9-10,12-15,18H2,1-2H3. The summed E-state index contributed by atoms with van der Waals surface area (Å²) in [6.45, 7) is 12.0. The van der Waals surface area contributed by atoms with E-state index in [4.69, 9.17) is 11.3 Å². The van der Waals surface area contributed by atoms with Gasteiger partial charge in [0, 0.05) is 36.5 Å². The lowest BCUT2D eigenvalue weighted by Crippen LogP contribution is -2.44. The van der Waals surface area contributed by atoms with Crippen LogP contribution >= 0.6 is 0 Å². The molecule has 0 spiro atoms. The minimum Gasteiger partial charge on any atom is -0.382 e. The number of alkyl halides is 3. The minimum atomic E-state index is -4.36. The van der Waals surface area contributed by atoms with Crippen LogP contribution in [0.2, 0.25) is 0 Å². The van der Waals surface area contributed by atoms with E-state index in [9.17, 15) is 18.0 Å². The van der Waals surface area contributed by atoms with Gasteiger partial charge in [-0.25, -0.2) is 4.85 Å². The fourth-order valence-corrected chi connectivity index (χ4v) is 5.29. The van der Waals surface area contributed by atoms with Gasteiger partial charge < -0.3 is 20.3 Å². The Bertz CT molecular complexity index is 1160. The smallest absolute Gasteiger partial charge is 0.382 e. The average molecular weight is 529 g/mol. The first-order valence-corrected chi connectivity index (χ1v) is 13.2. The predicted molar refractivity (Wildman–Crippen MR) is 142 cm³/mol. The molecule has 2 N–H and O–H groups in total. The van der Waals surface area contributed by atoms with E-state index in [-0.39, 0.29) is 36.3 Å². The summed E-state index contributed by atoms with van der Waals surface area (Å²) in [5.74, 6) is 0.000267. The Balaban J connectivity index is 1.16. The number of rotatable bonds is 7. The Labute approximate surface area is 222 Å². The van der Waals surface area contributed by atoms with Gasteiger partial charge in [-0.2, -0.15) is 13.2 Å². The summed E-state index contributed by atoms with van der Waals surface area (Å²) in [5.41, 5.74) is 2.69. The summed E-state index contributed by atoms with van der Waals surface area (Å²) in [5, 5.41) is 6.76. The molecular formula is C29H35F3N4O2. The molecule has 1 aliphatic carbocycles. The molecule has 1 saturated carbocycles. The van der Waals surface area contributed by atoms with E-state index < -0.39 is 11.7 Å². The Kier molecular flexibility index (Phi) is 8.83. The van der Waals surface area contributed by atoms with Crippen LogP contribution in [0.1, 0.15) is 55.2 Å². The van der Waals surface area contributed by atoms with Crippen LogP contribution in [0.3, 0.4) is 0 Å². The number of carbonyl (C=O) groups is 1. The average Bonchev–Trinajstić information content (AvgIpc) is 2.89. The fourth-order valence-electron chi connectivity index (χ4n) is 5.29. The summed E-state index contributed by atoms with van der Waals surface area (Å²) in [6, 6.07) is 10.5. The highest BCUT2D eigenvalue weighted by atomic mass is 19.4. The molecule has 2 aromatic carbocycles. The van der Waals surface area contributed by atoms with E-state index in [0.717, 1.165) is 49.8 Å². The first kappa shape index (κ1) is 27.8. The summed E-state index contributed by atoms with van der Waals surface area (Å²) in [4.78, 5) is 18.1. The molecule has 2 aliphatic rings. The Morgan fingerprint density at radius 2 is 1.55 bits per heavy atom. The van der Waals surface area contributed by atoms with Gasteiger partial charge in [0.25, 0.3) is 0 Å². The van der Waals surface area contributed by atoms with E-state index >= 15 is 0 Å². The largest absolute Gasteiger partial charge is 0.416 e. The van der Waals surface area contributed by atoms with Gasteiger partial charge in [0.1, 0.15) is 6.61 Å². The van der Waals surface area contributed by atoms with Crippen LogP contribution in [-0.4, -0.2) is 48.7 Å². The number of nitrogens with one attached hydrogen (secondary N) is 2. The van der Waals surface area contributed by atoms with Crippen molar-refractivity contribution in [2.75, 3.05) is 30.3 Å². The SMILES string of the molecule is [C-]#[N+]c1ccc(NC2CCN(C(=O)COC3CCC(Nc4ccc(C)c(C(F)(F)F)c4)CC3)CC2)cc1C. The van der Waals surface area contributed by atoms with Crippen LogP contribution in [0, 0.1) is 20.4 Å². The number of piperidine rings is 1. The molecule has 0 bridgehead atoms. The van der Waals surface area contributed by atoms with Crippen molar-refractivity contribution >= 4 is 23.0 Å².